The van der Waals surface area contributed by atoms with Gasteiger partial charge in [0, 0.05) is 12.0 Å². The van der Waals surface area contributed by atoms with Crippen LogP contribution in [0.25, 0.3) is 6.08 Å². The maximum absolute atomic E-state index is 13.6. The molecule has 2 heterocycles. The molecule has 1 amide bonds. The molecule has 3 aliphatic rings. The van der Waals surface area contributed by atoms with E-state index in [-0.39, 0.29) is 17.9 Å². The van der Waals surface area contributed by atoms with Gasteiger partial charge in [0.2, 0.25) is 0 Å². The summed E-state index contributed by atoms with van der Waals surface area (Å²) in [6, 6.07) is 21.2. The fourth-order valence-electron chi connectivity index (χ4n) is 5.07. The van der Waals surface area contributed by atoms with Gasteiger partial charge < -0.3 is 4.57 Å². The Morgan fingerprint density at radius 3 is 2.56 bits per heavy atom. The molecule has 3 aromatic rings. The lowest BCUT2D eigenvalue weighted by Gasteiger charge is -2.29. The summed E-state index contributed by atoms with van der Waals surface area (Å²) < 4.78 is 2.10. The van der Waals surface area contributed by atoms with Gasteiger partial charge in [-0.05, 0) is 54.9 Å². The number of thioether (sulfide) groups is 1. The average Bonchev–Trinajstić information content (AvgIpc) is 3.47. The highest BCUT2D eigenvalue weighted by Crippen LogP contribution is 2.45. The molecular formula is C27H27N5OS. The number of carbonyl (C=O) groups excluding carboxylic acids is 1. The summed E-state index contributed by atoms with van der Waals surface area (Å²) in [5.41, 5.74) is 4.65. The van der Waals surface area contributed by atoms with Crippen LogP contribution in [-0.4, -0.2) is 37.1 Å². The molecule has 172 valence electrons. The van der Waals surface area contributed by atoms with Crippen LogP contribution in [-0.2, 0) is 4.79 Å². The number of allylic oxidation sites excluding steroid dienone is 1. The largest absolute Gasteiger partial charge is 0.306 e. The SMILES string of the molecule is O=C(CSc1nncn1C1CC1)N1N=C2/C(=C/c3ccccc3)CCCC2C1c1ccccc1. The van der Waals surface area contributed by atoms with Gasteiger partial charge in [0.15, 0.2) is 5.16 Å². The van der Waals surface area contributed by atoms with Gasteiger partial charge in [0.25, 0.3) is 5.91 Å². The third-order valence-electron chi connectivity index (χ3n) is 6.84. The average molecular weight is 470 g/mol. The standard InChI is InChI=1S/C27H27N5OS/c33-24(17-34-27-29-28-18-31(27)22-14-15-22)32-26(20-10-5-2-6-11-20)23-13-7-12-21(25(23)30-32)16-19-8-3-1-4-9-19/h1-6,8-11,16,18,22-23,26H,7,12-15,17H2/b21-16+. The second-order valence-corrected chi connectivity index (χ2v) is 10.1. The second kappa shape index (κ2) is 9.22. The van der Waals surface area contributed by atoms with Gasteiger partial charge in [-0.2, -0.15) is 5.10 Å². The molecular weight excluding hydrogens is 442 g/mol. The van der Waals surface area contributed by atoms with Gasteiger partial charge in [-0.25, -0.2) is 5.01 Å². The number of benzene rings is 2. The van der Waals surface area contributed by atoms with Crippen molar-refractivity contribution in [1.82, 2.24) is 19.8 Å². The first-order valence-corrected chi connectivity index (χ1v) is 13.0. The molecule has 2 fully saturated rings. The van der Waals surface area contributed by atoms with Gasteiger partial charge in [-0.1, -0.05) is 72.4 Å². The van der Waals surface area contributed by atoms with Crippen molar-refractivity contribution in [1.29, 1.82) is 0 Å². The first kappa shape index (κ1) is 21.4. The second-order valence-electron chi connectivity index (χ2n) is 9.20. The van der Waals surface area contributed by atoms with Crippen molar-refractivity contribution in [2.24, 2.45) is 11.0 Å². The van der Waals surface area contributed by atoms with Crippen LogP contribution >= 0.6 is 11.8 Å². The monoisotopic (exact) mass is 469 g/mol. The smallest absolute Gasteiger partial charge is 0.253 e. The summed E-state index contributed by atoms with van der Waals surface area (Å²) in [5, 5.41) is 15.9. The summed E-state index contributed by atoms with van der Waals surface area (Å²) in [6.45, 7) is 0. The normalized spacial score (nSPS) is 23.1. The molecule has 2 aromatic carbocycles. The number of rotatable bonds is 6. The maximum atomic E-state index is 13.6. The minimum absolute atomic E-state index is 0.0187. The van der Waals surface area contributed by atoms with E-state index in [1.165, 1.54) is 22.9 Å². The third-order valence-corrected chi connectivity index (χ3v) is 7.79. The van der Waals surface area contributed by atoms with E-state index < -0.39 is 0 Å². The molecule has 1 aromatic heterocycles. The zero-order valence-corrected chi connectivity index (χ0v) is 19.8. The van der Waals surface area contributed by atoms with E-state index in [1.807, 2.05) is 24.3 Å². The molecule has 6 rings (SSSR count). The molecule has 2 saturated carbocycles. The Labute approximate surface area is 203 Å². The number of aromatic nitrogens is 3. The molecule has 34 heavy (non-hydrogen) atoms. The lowest BCUT2D eigenvalue weighted by atomic mass is 9.77. The van der Waals surface area contributed by atoms with Crippen LogP contribution in [0.3, 0.4) is 0 Å². The number of hydrogen-bond acceptors (Lipinski definition) is 5. The van der Waals surface area contributed by atoms with Gasteiger partial charge in [-0.3, -0.25) is 4.79 Å². The summed E-state index contributed by atoms with van der Waals surface area (Å²) in [7, 11) is 0. The Balaban J connectivity index is 1.30. The molecule has 1 aliphatic heterocycles. The van der Waals surface area contributed by atoms with Crippen LogP contribution < -0.4 is 0 Å². The van der Waals surface area contributed by atoms with Crippen molar-refractivity contribution in [2.75, 3.05) is 5.75 Å². The minimum atomic E-state index is -0.0647. The van der Waals surface area contributed by atoms with E-state index >= 15 is 0 Å². The molecule has 0 saturated heterocycles. The number of hydrogen-bond donors (Lipinski definition) is 0. The third kappa shape index (κ3) is 4.20. The van der Waals surface area contributed by atoms with E-state index in [2.05, 4.69) is 57.2 Å². The summed E-state index contributed by atoms with van der Waals surface area (Å²) in [5.74, 6) is 0.538. The van der Waals surface area contributed by atoms with Crippen molar-refractivity contribution >= 4 is 29.5 Å². The topological polar surface area (TPSA) is 63.4 Å². The predicted molar refractivity (Wildman–Crippen MR) is 134 cm³/mol. The van der Waals surface area contributed by atoms with E-state index in [4.69, 9.17) is 5.10 Å². The fourth-order valence-corrected chi connectivity index (χ4v) is 5.91. The molecule has 2 atom stereocenters. The number of carbonyl (C=O) groups is 1. The van der Waals surface area contributed by atoms with Crippen LogP contribution in [0.15, 0.2) is 82.8 Å². The Morgan fingerprint density at radius 2 is 1.79 bits per heavy atom. The van der Waals surface area contributed by atoms with E-state index in [1.54, 1.807) is 11.3 Å². The molecule has 7 heteroatoms. The highest BCUT2D eigenvalue weighted by atomic mass is 32.2. The van der Waals surface area contributed by atoms with E-state index in [0.717, 1.165) is 48.5 Å². The number of hydrazone groups is 1. The highest BCUT2D eigenvalue weighted by molar-refractivity contribution is 7.99. The lowest BCUT2D eigenvalue weighted by molar-refractivity contribution is -0.130. The molecule has 0 bridgehead atoms. The Bertz CT molecular complexity index is 1230. The van der Waals surface area contributed by atoms with Crippen molar-refractivity contribution in [3.63, 3.8) is 0 Å². The van der Waals surface area contributed by atoms with Crippen molar-refractivity contribution < 1.29 is 4.79 Å². The number of amides is 1. The van der Waals surface area contributed by atoms with Gasteiger partial charge in [-0.15, -0.1) is 10.2 Å². The Morgan fingerprint density at radius 1 is 1.03 bits per heavy atom. The summed E-state index contributed by atoms with van der Waals surface area (Å²) >= 11 is 1.47. The zero-order valence-electron chi connectivity index (χ0n) is 19.0. The molecule has 6 nitrogen and oxygen atoms in total. The van der Waals surface area contributed by atoms with Crippen LogP contribution in [0.1, 0.15) is 55.3 Å². The lowest BCUT2D eigenvalue weighted by Crippen LogP contribution is -2.32. The van der Waals surface area contributed by atoms with E-state index in [0.29, 0.717) is 11.8 Å². The zero-order chi connectivity index (χ0) is 22.9. The number of fused-ring (bicyclic) bond motifs is 1. The Kier molecular flexibility index (Phi) is 5.79. The van der Waals surface area contributed by atoms with Crippen molar-refractivity contribution in [2.45, 2.75) is 49.3 Å². The van der Waals surface area contributed by atoms with Gasteiger partial charge in [0.1, 0.15) is 6.33 Å². The van der Waals surface area contributed by atoms with Crippen LogP contribution in [0.4, 0.5) is 0 Å². The Hall–Kier alpha value is -3.19. The maximum Gasteiger partial charge on any atom is 0.253 e. The van der Waals surface area contributed by atoms with Crippen LogP contribution in [0, 0.1) is 5.92 Å². The van der Waals surface area contributed by atoms with Crippen molar-refractivity contribution in [3.8, 4) is 0 Å². The fraction of sp³-hybridized carbons (Fsp3) is 0.333. The molecule has 0 N–H and O–H groups in total. The summed E-state index contributed by atoms with van der Waals surface area (Å²) in [4.78, 5) is 13.6. The minimum Gasteiger partial charge on any atom is -0.306 e. The predicted octanol–water partition coefficient (Wildman–Crippen LogP) is 5.53. The molecule has 2 aliphatic carbocycles. The highest BCUT2D eigenvalue weighted by Gasteiger charge is 2.43. The van der Waals surface area contributed by atoms with Gasteiger partial charge >= 0.3 is 0 Å². The first-order chi connectivity index (χ1) is 16.8. The van der Waals surface area contributed by atoms with Crippen LogP contribution in [0.5, 0.6) is 0 Å². The van der Waals surface area contributed by atoms with Gasteiger partial charge in [0.05, 0.1) is 17.5 Å². The molecule has 0 spiro atoms. The van der Waals surface area contributed by atoms with Crippen molar-refractivity contribution in [3.05, 3.63) is 83.7 Å². The molecule has 2 unspecified atom stereocenters. The van der Waals surface area contributed by atoms with E-state index in [9.17, 15) is 4.79 Å². The van der Waals surface area contributed by atoms with Crippen LogP contribution in [0.2, 0.25) is 0 Å². The molecule has 0 radical (unpaired) electrons. The summed E-state index contributed by atoms with van der Waals surface area (Å²) in [6.07, 6.45) is 9.48. The number of nitrogens with zero attached hydrogens (tertiary/aromatic N) is 5. The quantitative estimate of drug-likeness (QED) is 0.446. The first-order valence-electron chi connectivity index (χ1n) is 12.0.